The molecule has 5 aromatic rings. The van der Waals surface area contributed by atoms with Crippen LogP contribution in [0.4, 0.5) is 32.8 Å². The number of fused-ring (bicyclic) bond motifs is 1. The third kappa shape index (κ3) is 4.21. The average molecular weight is 471 g/mol. The van der Waals surface area contributed by atoms with Gasteiger partial charge in [-0.25, -0.2) is 4.39 Å². The zero-order valence-corrected chi connectivity index (χ0v) is 19.5. The van der Waals surface area contributed by atoms with E-state index in [1.165, 1.54) is 12.1 Å². The van der Waals surface area contributed by atoms with Gasteiger partial charge in [0.2, 0.25) is 0 Å². The van der Waals surface area contributed by atoms with E-state index in [0.717, 1.165) is 45.3 Å². The van der Waals surface area contributed by atoms with Crippen LogP contribution in [0.1, 0.15) is 0 Å². The van der Waals surface area contributed by atoms with Crippen LogP contribution < -0.4 is 14.5 Å². The topological polar surface area (TPSA) is 15.7 Å². The second kappa shape index (κ2) is 9.43. The first-order chi connectivity index (χ1) is 17.8. The van der Waals surface area contributed by atoms with Gasteiger partial charge >= 0.3 is 0 Å². The quantitative estimate of drug-likeness (QED) is 0.255. The molecule has 0 unspecified atom stereocenters. The molecule has 0 radical (unpaired) electrons. The summed E-state index contributed by atoms with van der Waals surface area (Å²) in [7, 11) is 0. The minimum Gasteiger partial charge on any atom is -0.461 e. The van der Waals surface area contributed by atoms with E-state index in [4.69, 9.17) is 4.74 Å². The van der Waals surface area contributed by atoms with Crippen LogP contribution in [0.3, 0.4) is 0 Å². The number of para-hydroxylation sites is 3. The first kappa shape index (κ1) is 21.7. The zero-order valence-electron chi connectivity index (χ0n) is 19.5. The fourth-order valence-electron chi connectivity index (χ4n) is 4.46. The molecule has 3 nitrogen and oxygen atoms in total. The minimum atomic E-state index is -0.249. The zero-order chi connectivity index (χ0) is 24.3. The molecule has 0 bridgehead atoms. The van der Waals surface area contributed by atoms with Crippen molar-refractivity contribution < 1.29 is 9.13 Å². The van der Waals surface area contributed by atoms with Crippen molar-refractivity contribution in [1.29, 1.82) is 0 Å². The van der Waals surface area contributed by atoms with Gasteiger partial charge in [0, 0.05) is 28.9 Å². The Morgan fingerprint density at radius 2 is 1.11 bits per heavy atom. The number of nitrogens with zero attached hydrogens (tertiary/aromatic N) is 2. The summed E-state index contributed by atoms with van der Waals surface area (Å²) in [6, 6.07) is 41.6. The highest BCUT2D eigenvalue weighted by atomic mass is 19.1. The lowest BCUT2D eigenvalue weighted by atomic mass is 10.0. The Morgan fingerprint density at radius 1 is 0.556 bits per heavy atom. The Kier molecular flexibility index (Phi) is 5.68. The number of halogens is 1. The van der Waals surface area contributed by atoms with Crippen LogP contribution in [0.25, 0.3) is 11.1 Å². The predicted octanol–water partition coefficient (Wildman–Crippen LogP) is 8.96. The summed E-state index contributed by atoms with van der Waals surface area (Å²) < 4.78 is 19.2. The highest BCUT2D eigenvalue weighted by Gasteiger charge is 2.16. The summed E-state index contributed by atoms with van der Waals surface area (Å²) >= 11 is 0. The molecule has 1 aliphatic heterocycles. The average Bonchev–Trinajstić information content (AvgIpc) is 2.95. The Balaban J connectivity index is 1.29. The van der Waals surface area contributed by atoms with E-state index in [9.17, 15) is 4.39 Å². The van der Waals surface area contributed by atoms with Gasteiger partial charge in [-0.1, -0.05) is 54.6 Å². The summed E-state index contributed by atoms with van der Waals surface area (Å²) in [4.78, 5) is 4.24. The largest absolute Gasteiger partial charge is 0.461 e. The van der Waals surface area contributed by atoms with Gasteiger partial charge < -0.3 is 14.5 Å². The van der Waals surface area contributed by atoms with Crippen LogP contribution in [0.5, 0.6) is 5.75 Å². The first-order valence-corrected chi connectivity index (χ1v) is 11.8. The van der Waals surface area contributed by atoms with Gasteiger partial charge in [0.15, 0.2) is 5.75 Å². The molecule has 0 N–H and O–H groups in total. The number of ether oxygens (including phenoxy) is 1. The summed E-state index contributed by atoms with van der Waals surface area (Å²) in [5.74, 6) is 0.588. The van der Waals surface area contributed by atoms with E-state index in [1.807, 2.05) is 60.8 Å². The smallest absolute Gasteiger partial charge is 0.150 e. The van der Waals surface area contributed by atoms with Crippen LogP contribution in [0.15, 0.2) is 140 Å². The fourth-order valence-corrected chi connectivity index (χ4v) is 4.46. The maximum absolute atomic E-state index is 13.6. The fraction of sp³-hybridized carbons (Fsp3) is 0. The molecule has 0 spiro atoms. The van der Waals surface area contributed by atoms with Gasteiger partial charge in [0.1, 0.15) is 12.1 Å². The lowest BCUT2D eigenvalue weighted by molar-refractivity contribution is 0.473. The van der Waals surface area contributed by atoms with Gasteiger partial charge in [-0.3, -0.25) is 0 Å². The highest BCUT2D eigenvalue weighted by Crippen LogP contribution is 2.38. The molecule has 0 fully saturated rings. The third-order valence-electron chi connectivity index (χ3n) is 6.23. The predicted molar refractivity (Wildman–Crippen MR) is 145 cm³/mol. The molecule has 1 heterocycles. The third-order valence-corrected chi connectivity index (χ3v) is 6.23. The molecule has 0 saturated carbocycles. The second-order valence-electron chi connectivity index (χ2n) is 8.48. The molecule has 1 aliphatic rings. The lowest BCUT2D eigenvalue weighted by Gasteiger charge is -2.26. The Bertz CT molecular complexity index is 1500. The minimum absolute atomic E-state index is 0.249. The van der Waals surface area contributed by atoms with Crippen LogP contribution >= 0.6 is 0 Å². The van der Waals surface area contributed by atoms with Crippen molar-refractivity contribution in [2.24, 2.45) is 0 Å². The maximum Gasteiger partial charge on any atom is 0.150 e. The van der Waals surface area contributed by atoms with Crippen molar-refractivity contribution >= 4 is 28.4 Å². The summed E-state index contributed by atoms with van der Waals surface area (Å²) in [5, 5.41) is 0. The van der Waals surface area contributed by atoms with Gasteiger partial charge in [-0.2, -0.15) is 0 Å². The standard InChI is InChI=1S/C32H23FN2O/c33-26-14-20-30(21-15-26)35(28-6-2-1-3-7-28)29-18-12-25(13-19-29)24-10-16-27(17-11-24)34-22-23-36-32-9-5-4-8-31(32)34/h1-23H. The van der Waals surface area contributed by atoms with Crippen molar-refractivity contribution in [1.82, 2.24) is 0 Å². The molecule has 5 aromatic carbocycles. The molecule has 0 saturated heterocycles. The van der Waals surface area contributed by atoms with Gasteiger partial charge in [0.25, 0.3) is 0 Å². The lowest BCUT2D eigenvalue weighted by Crippen LogP contribution is -2.13. The molecule has 174 valence electrons. The normalized spacial score (nSPS) is 12.1. The van der Waals surface area contributed by atoms with Crippen molar-refractivity contribution in [3.63, 3.8) is 0 Å². The van der Waals surface area contributed by atoms with Crippen molar-refractivity contribution in [3.8, 4) is 16.9 Å². The second-order valence-corrected chi connectivity index (χ2v) is 8.48. The van der Waals surface area contributed by atoms with E-state index in [1.54, 1.807) is 18.4 Å². The van der Waals surface area contributed by atoms with E-state index >= 15 is 0 Å². The van der Waals surface area contributed by atoms with E-state index in [-0.39, 0.29) is 5.82 Å². The SMILES string of the molecule is Fc1ccc(N(c2ccccc2)c2ccc(-c3ccc(N4C=COc5ccccc54)cc3)cc2)cc1. The molecular weight excluding hydrogens is 447 g/mol. The Morgan fingerprint density at radius 3 is 1.81 bits per heavy atom. The molecule has 0 amide bonds. The van der Waals surface area contributed by atoms with Crippen molar-refractivity contribution in [3.05, 3.63) is 146 Å². The Hall–Kier alpha value is -4.83. The van der Waals surface area contributed by atoms with Gasteiger partial charge in [-0.05, 0) is 83.9 Å². The molecule has 6 rings (SSSR count). The molecule has 0 aliphatic carbocycles. The van der Waals surface area contributed by atoms with Crippen LogP contribution in [0, 0.1) is 5.82 Å². The van der Waals surface area contributed by atoms with Crippen LogP contribution in [0.2, 0.25) is 0 Å². The Labute approximate surface area is 209 Å². The van der Waals surface area contributed by atoms with E-state index in [2.05, 4.69) is 58.3 Å². The highest BCUT2D eigenvalue weighted by molar-refractivity contribution is 5.79. The number of rotatable bonds is 5. The summed E-state index contributed by atoms with van der Waals surface area (Å²) in [6.07, 6.45) is 3.63. The number of hydrogen-bond acceptors (Lipinski definition) is 3. The molecule has 36 heavy (non-hydrogen) atoms. The molecular formula is C32H23FN2O. The van der Waals surface area contributed by atoms with Crippen molar-refractivity contribution in [2.75, 3.05) is 9.80 Å². The number of benzene rings is 5. The van der Waals surface area contributed by atoms with Gasteiger partial charge in [0.05, 0.1) is 5.69 Å². The maximum atomic E-state index is 13.6. The number of anilines is 5. The van der Waals surface area contributed by atoms with E-state index < -0.39 is 0 Å². The van der Waals surface area contributed by atoms with E-state index in [0.29, 0.717) is 0 Å². The van der Waals surface area contributed by atoms with Crippen molar-refractivity contribution in [2.45, 2.75) is 0 Å². The summed E-state index contributed by atoms with van der Waals surface area (Å²) in [6.45, 7) is 0. The van der Waals surface area contributed by atoms with Gasteiger partial charge in [-0.15, -0.1) is 0 Å². The molecule has 4 heteroatoms. The molecule has 0 aromatic heterocycles. The first-order valence-electron chi connectivity index (χ1n) is 11.8. The van der Waals surface area contributed by atoms with Crippen LogP contribution in [-0.2, 0) is 0 Å². The monoisotopic (exact) mass is 470 g/mol. The molecule has 0 atom stereocenters. The number of hydrogen-bond donors (Lipinski definition) is 0. The van der Waals surface area contributed by atoms with Crippen LogP contribution in [-0.4, -0.2) is 0 Å². The summed E-state index contributed by atoms with van der Waals surface area (Å²) in [5.41, 5.74) is 7.24.